The van der Waals surface area contributed by atoms with Crippen molar-refractivity contribution in [2.24, 2.45) is 5.92 Å². The molecule has 0 amide bonds. The van der Waals surface area contributed by atoms with Crippen LogP contribution in [0, 0.1) is 17.6 Å². The number of anilines is 1. The molecule has 0 bridgehead atoms. The van der Waals surface area contributed by atoms with Crippen LogP contribution in [-0.4, -0.2) is 34.6 Å². The summed E-state index contributed by atoms with van der Waals surface area (Å²) in [4.78, 5) is 14.3. The van der Waals surface area contributed by atoms with E-state index in [4.69, 9.17) is 9.15 Å². The molecular formula is C19H20F2N4O2. The molecule has 0 atom stereocenters. The normalized spacial score (nSPS) is 15.4. The second-order valence-electron chi connectivity index (χ2n) is 6.64. The Morgan fingerprint density at radius 1 is 1.22 bits per heavy atom. The SMILES string of the molecule is CCc1ncnc(OCC2CCN(c3nc4ccc(F)cc4o3)CC2)c1F. The second kappa shape index (κ2) is 7.46. The highest BCUT2D eigenvalue weighted by Gasteiger charge is 2.24. The molecule has 142 valence electrons. The van der Waals surface area contributed by atoms with Crippen molar-refractivity contribution < 1.29 is 17.9 Å². The number of benzene rings is 1. The molecule has 8 heteroatoms. The Bertz CT molecular complexity index is 939. The number of aryl methyl sites for hydroxylation is 1. The fourth-order valence-electron chi connectivity index (χ4n) is 3.24. The zero-order valence-corrected chi connectivity index (χ0v) is 15.0. The van der Waals surface area contributed by atoms with Crippen molar-refractivity contribution in [1.82, 2.24) is 15.0 Å². The van der Waals surface area contributed by atoms with Gasteiger partial charge in [0.25, 0.3) is 11.9 Å². The predicted molar refractivity (Wildman–Crippen MR) is 95.8 cm³/mol. The van der Waals surface area contributed by atoms with Crippen LogP contribution < -0.4 is 9.64 Å². The van der Waals surface area contributed by atoms with Crippen LogP contribution in [0.2, 0.25) is 0 Å². The summed E-state index contributed by atoms with van der Waals surface area (Å²) in [5.41, 5.74) is 1.45. The maximum absolute atomic E-state index is 14.1. The predicted octanol–water partition coefficient (Wildman–Crippen LogP) is 3.75. The van der Waals surface area contributed by atoms with Crippen LogP contribution in [0.3, 0.4) is 0 Å². The van der Waals surface area contributed by atoms with E-state index in [-0.39, 0.29) is 11.7 Å². The Morgan fingerprint density at radius 3 is 2.81 bits per heavy atom. The van der Waals surface area contributed by atoms with Crippen LogP contribution in [0.15, 0.2) is 28.9 Å². The van der Waals surface area contributed by atoms with E-state index in [0.717, 1.165) is 25.9 Å². The van der Waals surface area contributed by atoms with Gasteiger partial charge in [0.15, 0.2) is 5.58 Å². The molecule has 0 unspecified atom stereocenters. The lowest BCUT2D eigenvalue weighted by Gasteiger charge is -2.30. The van der Waals surface area contributed by atoms with Crippen molar-refractivity contribution in [3.63, 3.8) is 0 Å². The van der Waals surface area contributed by atoms with E-state index < -0.39 is 5.82 Å². The van der Waals surface area contributed by atoms with Crippen molar-refractivity contribution >= 4 is 17.1 Å². The smallest absolute Gasteiger partial charge is 0.298 e. The third-order valence-corrected chi connectivity index (χ3v) is 4.84. The largest absolute Gasteiger partial charge is 0.475 e. The van der Waals surface area contributed by atoms with Gasteiger partial charge in [0.05, 0.1) is 12.3 Å². The first-order chi connectivity index (χ1) is 13.1. The molecular weight excluding hydrogens is 354 g/mol. The van der Waals surface area contributed by atoms with Gasteiger partial charge in [0.1, 0.15) is 17.7 Å². The Kier molecular flexibility index (Phi) is 4.87. The van der Waals surface area contributed by atoms with Crippen molar-refractivity contribution in [1.29, 1.82) is 0 Å². The molecule has 0 spiro atoms. The third-order valence-electron chi connectivity index (χ3n) is 4.84. The highest BCUT2D eigenvalue weighted by atomic mass is 19.1. The number of hydrogen-bond acceptors (Lipinski definition) is 6. The fraction of sp³-hybridized carbons (Fsp3) is 0.421. The summed E-state index contributed by atoms with van der Waals surface area (Å²) in [7, 11) is 0. The number of fused-ring (bicyclic) bond motifs is 1. The van der Waals surface area contributed by atoms with Crippen molar-refractivity contribution in [3.8, 4) is 5.88 Å². The van der Waals surface area contributed by atoms with Crippen LogP contribution in [0.5, 0.6) is 5.88 Å². The summed E-state index contributed by atoms with van der Waals surface area (Å²) in [6.45, 7) is 3.74. The summed E-state index contributed by atoms with van der Waals surface area (Å²) in [5.74, 6) is -0.506. The van der Waals surface area contributed by atoms with Gasteiger partial charge >= 0.3 is 0 Å². The quantitative estimate of drug-likeness (QED) is 0.678. The standard InChI is InChI=1S/C19H20F2N4O2/c1-2-14-17(21)18(23-11-22-14)26-10-12-5-7-25(8-6-12)19-24-15-4-3-13(20)9-16(15)27-19/h3-4,9,11-12H,2,5-8,10H2,1H3. The van der Waals surface area contributed by atoms with Crippen molar-refractivity contribution in [3.05, 3.63) is 41.9 Å². The summed E-state index contributed by atoms with van der Waals surface area (Å²) in [6, 6.07) is 4.82. The first-order valence-electron chi connectivity index (χ1n) is 9.07. The Morgan fingerprint density at radius 2 is 2.04 bits per heavy atom. The first-order valence-corrected chi connectivity index (χ1v) is 9.07. The number of nitrogens with zero attached hydrogens (tertiary/aromatic N) is 4. The molecule has 1 fully saturated rings. The Balaban J connectivity index is 1.34. The van der Waals surface area contributed by atoms with Gasteiger partial charge in [0.2, 0.25) is 5.82 Å². The minimum atomic E-state index is -0.476. The van der Waals surface area contributed by atoms with Gasteiger partial charge in [-0.15, -0.1) is 0 Å². The lowest BCUT2D eigenvalue weighted by Crippen LogP contribution is -2.35. The van der Waals surface area contributed by atoms with E-state index in [9.17, 15) is 8.78 Å². The molecule has 2 aromatic heterocycles. The van der Waals surface area contributed by atoms with Gasteiger partial charge < -0.3 is 14.1 Å². The van der Waals surface area contributed by atoms with Crippen LogP contribution in [-0.2, 0) is 6.42 Å². The molecule has 1 aliphatic heterocycles. The van der Waals surface area contributed by atoms with Crippen molar-refractivity contribution in [2.45, 2.75) is 26.2 Å². The van der Waals surface area contributed by atoms with Gasteiger partial charge in [-0.2, -0.15) is 14.4 Å². The van der Waals surface area contributed by atoms with E-state index >= 15 is 0 Å². The number of hydrogen-bond donors (Lipinski definition) is 0. The first kappa shape index (κ1) is 17.6. The fourth-order valence-corrected chi connectivity index (χ4v) is 3.24. The molecule has 27 heavy (non-hydrogen) atoms. The Hall–Kier alpha value is -2.77. The zero-order valence-electron chi connectivity index (χ0n) is 15.0. The number of halogens is 2. The maximum atomic E-state index is 14.1. The van der Waals surface area contributed by atoms with Gasteiger partial charge in [-0.3, -0.25) is 0 Å². The molecule has 6 nitrogen and oxygen atoms in total. The maximum Gasteiger partial charge on any atom is 0.298 e. The third kappa shape index (κ3) is 3.70. The molecule has 1 saturated heterocycles. The molecule has 3 aromatic rings. The minimum Gasteiger partial charge on any atom is -0.475 e. The van der Waals surface area contributed by atoms with Crippen LogP contribution in [0.1, 0.15) is 25.5 Å². The highest BCUT2D eigenvalue weighted by Crippen LogP contribution is 2.27. The second-order valence-corrected chi connectivity index (χ2v) is 6.64. The van der Waals surface area contributed by atoms with Gasteiger partial charge in [-0.1, -0.05) is 6.92 Å². The molecule has 0 N–H and O–H groups in total. The van der Waals surface area contributed by atoms with Crippen LogP contribution in [0.25, 0.3) is 11.1 Å². The minimum absolute atomic E-state index is 0.0188. The van der Waals surface area contributed by atoms with E-state index in [2.05, 4.69) is 15.0 Å². The number of ether oxygens (including phenoxy) is 1. The summed E-state index contributed by atoms with van der Waals surface area (Å²) in [5, 5.41) is 0. The number of piperidine rings is 1. The average molecular weight is 374 g/mol. The molecule has 4 rings (SSSR count). The van der Waals surface area contributed by atoms with E-state index in [0.29, 0.717) is 41.8 Å². The summed E-state index contributed by atoms with van der Waals surface area (Å²) >= 11 is 0. The van der Waals surface area contributed by atoms with Crippen LogP contribution in [0.4, 0.5) is 14.8 Å². The Labute approximate surface area is 155 Å². The number of rotatable bonds is 5. The monoisotopic (exact) mass is 374 g/mol. The highest BCUT2D eigenvalue weighted by molar-refractivity contribution is 5.74. The van der Waals surface area contributed by atoms with E-state index in [1.165, 1.54) is 18.5 Å². The molecule has 0 radical (unpaired) electrons. The molecule has 1 aliphatic rings. The van der Waals surface area contributed by atoms with Crippen molar-refractivity contribution in [2.75, 3.05) is 24.6 Å². The van der Waals surface area contributed by atoms with Gasteiger partial charge in [-0.05, 0) is 37.3 Å². The number of oxazole rings is 1. The zero-order chi connectivity index (χ0) is 18.8. The van der Waals surface area contributed by atoms with Crippen LogP contribution >= 0.6 is 0 Å². The average Bonchev–Trinajstić information content (AvgIpc) is 3.11. The molecule has 0 aliphatic carbocycles. The van der Waals surface area contributed by atoms with Gasteiger partial charge in [0, 0.05) is 19.2 Å². The van der Waals surface area contributed by atoms with Gasteiger partial charge in [-0.25, -0.2) is 9.37 Å². The molecule has 0 saturated carbocycles. The number of aromatic nitrogens is 3. The lowest BCUT2D eigenvalue weighted by molar-refractivity contribution is 0.205. The summed E-state index contributed by atoms with van der Waals surface area (Å²) < 4.78 is 38.7. The van der Waals surface area contributed by atoms with E-state index in [1.807, 2.05) is 11.8 Å². The lowest BCUT2D eigenvalue weighted by atomic mass is 9.98. The molecule has 3 heterocycles. The molecule has 1 aromatic carbocycles. The summed E-state index contributed by atoms with van der Waals surface area (Å²) in [6.07, 6.45) is 3.55. The topological polar surface area (TPSA) is 64.3 Å². The van der Waals surface area contributed by atoms with E-state index in [1.54, 1.807) is 6.07 Å².